The number of rotatable bonds is 8. The maximum absolute atomic E-state index is 12.9. The number of nitrogens with two attached hydrogens (primary N) is 1. The summed E-state index contributed by atoms with van der Waals surface area (Å²) in [6.07, 6.45) is 8.57. The summed E-state index contributed by atoms with van der Waals surface area (Å²) in [6, 6.07) is 17.7. The van der Waals surface area contributed by atoms with Gasteiger partial charge in [0, 0.05) is 37.7 Å². The number of imidazole rings is 1. The molecule has 0 spiro atoms. The van der Waals surface area contributed by atoms with E-state index in [-0.39, 0.29) is 11.9 Å². The second kappa shape index (κ2) is 10.6. The molecule has 4 aromatic rings. The van der Waals surface area contributed by atoms with E-state index in [1.165, 1.54) is 0 Å². The van der Waals surface area contributed by atoms with E-state index in [1.54, 1.807) is 25.5 Å². The Morgan fingerprint density at radius 3 is 2.75 bits per heavy atom. The molecule has 0 bridgehead atoms. The summed E-state index contributed by atoms with van der Waals surface area (Å²) in [6.45, 7) is 1.58. The third kappa shape index (κ3) is 4.81. The maximum atomic E-state index is 12.9. The highest BCUT2D eigenvalue weighted by Crippen LogP contribution is 2.36. The summed E-state index contributed by atoms with van der Waals surface area (Å²) in [4.78, 5) is 24.1. The third-order valence-corrected chi connectivity index (χ3v) is 6.34. The van der Waals surface area contributed by atoms with Crippen LogP contribution in [0.1, 0.15) is 30.3 Å². The molecule has 3 heterocycles. The minimum absolute atomic E-state index is 0.0465. The predicted molar refractivity (Wildman–Crippen MR) is 138 cm³/mol. The van der Waals surface area contributed by atoms with E-state index in [1.807, 2.05) is 70.1 Å². The Labute approximate surface area is 210 Å². The van der Waals surface area contributed by atoms with Gasteiger partial charge in [-0.3, -0.25) is 9.20 Å². The highest BCUT2D eigenvalue weighted by atomic mass is 16.5. The van der Waals surface area contributed by atoms with E-state index >= 15 is 0 Å². The van der Waals surface area contributed by atoms with Crippen molar-refractivity contribution in [3.63, 3.8) is 0 Å². The summed E-state index contributed by atoms with van der Waals surface area (Å²) in [5, 5.41) is 0. The molecule has 0 radical (unpaired) electrons. The van der Waals surface area contributed by atoms with Gasteiger partial charge in [-0.1, -0.05) is 36.4 Å². The largest absolute Gasteiger partial charge is 0.489 e. The number of aromatic nitrogens is 3. The van der Waals surface area contributed by atoms with E-state index in [0.29, 0.717) is 25.6 Å². The number of carbonyl (C=O) groups excluding carboxylic acids is 1. The zero-order chi connectivity index (χ0) is 24.9. The Morgan fingerprint density at radius 2 is 1.97 bits per heavy atom. The van der Waals surface area contributed by atoms with Crippen molar-refractivity contribution in [1.29, 1.82) is 0 Å². The molecule has 8 nitrogen and oxygen atoms in total. The van der Waals surface area contributed by atoms with Crippen molar-refractivity contribution < 1.29 is 14.3 Å². The Balaban J connectivity index is 1.44. The van der Waals surface area contributed by atoms with Crippen molar-refractivity contribution in [1.82, 2.24) is 19.3 Å². The second-order valence-corrected chi connectivity index (χ2v) is 8.70. The maximum Gasteiger partial charge on any atom is 0.246 e. The Morgan fingerprint density at radius 1 is 1.17 bits per heavy atom. The van der Waals surface area contributed by atoms with Crippen LogP contribution >= 0.6 is 0 Å². The summed E-state index contributed by atoms with van der Waals surface area (Å²) in [5.41, 5.74) is 9.81. The SMILES string of the molecule is COC/C=C/C(=O)N1CCC[C@H]1c1nc(-c2ccc(OCc3ccccc3)cc2)c2c(N)nccn12. The number of benzene rings is 2. The molecule has 2 aromatic heterocycles. The van der Waals surface area contributed by atoms with Crippen molar-refractivity contribution in [2.24, 2.45) is 0 Å². The monoisotopic (exact) mass is 483 g/mol. The first-order valence-corrected chi connectivity index (χ1v) is 12.0. The van der Waals surface area contributed by atoms with Gasteiger partial charge in [0.2, 0.25) is 5.91 Å². The summed E-state index contributed by atoms with van der Waals surface area (Å²) in [7, 11) is 1.60. The third-order valence-electron chi connectivity index (χ3n) is 6.34. The van der Waals surface area contributed by atoms with E-state index in [9.17, 15) is 4.79 Å². The minimum Gasteiger partial charge on any atom is -0.489 e. The summed E-state index contributed by atoms with van der Waals surface area (Å²) < 4.78 is 12.9. The van der Waals surface area contributed by atoms with E-state index in [2.05, 4.69) is 4.98 Å². The Hall–Kier alpha value is -4.17. The normalized spacial score (nSPS) is 15.7. The molecule has 1 saturated heterocycles. The molecule has 2 aromatic carbocycles. The topological polar surface area (TPSA) is 95.0 Å². The molecule has 1 atom stereocenters. The van der Waals surface area contributed by atoms with E-state index in [4.69, 9.17) is 20.2 Å². The van der Waals surface area contributed by atoms with Crippen molar-refractivity contribution in [2.45, 2.75) is 25.5 Å². The fourth-order valence-electron chi connectivity index (χ4n) is 4.61. The molecule has 36 heavy (non-hydrogen) atoms. The molecule has 1 amide bonds. The number of anilines is 1. The zero-order valence-corrected chi connectivity index (χ0v) is 20.2. The van der Waals surface area contributed by atoms with Crippen LogP contribution in [0, 0.1) is 0 Å². The number of fused-ring (bicyclic) bond motifs is 1. The number of hydrogen-bond acceptors (Lipinski definition) is 6. The second-order valence-electron chi connectivity index (χ2n) is 8.70. The molecule has 1 aliphatic rings. The molecular formula is C28H29N5O3. The standard InChI is InChI=1S/C28H29N5O3/c1-35-18-6-10-24(34)32-16-5-9-23(32)28-31-25(26-27(29)30-15-17-33(26)28)21-11-13-22(14-12-21)36-19-20-7-3-2-4-8-20/h2-4,6-8,10-15,17,23H,5,9,16,18-19H2,1H3,(H2,29,30)/b10-6+/t23-/m0/s1. The molecular weight excluding hydrogens is 454 g/mol. The lowest BCUT2D eigenvalue weighted by atomic mass is 10.1. The fraction of sp³-hybridized carbons (Fsp3) is 0.250. The molecule has 8 heteroatoms. The van der Waals surface area contributed by atoms with Crippen LogP contribution in [0.25, 0.3) is 16.8 Å². The van der Waals surface area contributed by atoms with Gasteiger partial charge in [0.05, 0.1) is 12.6 Å². The molecule has 0 saturated carbocycles. The van der Waals surface area contributed by atoms with Crippen LogP contribution in [-0.2, 0) is 16.1 Å². The van der Waals surface area contributed by atoms with Gasteiger partial charge < -0.3 is 20.1 Å². The first kappa shape index (κ1) is 23.6. The quantitative estimate of drug-likeness (QED) is 0.373. The lowest BCUT2D eigenvalue weighted by Gasteiger charge is -2.22. The van der Waals surface area contributed by atoms with Gasteiger partial charge >= 0.3 is 0 Å². The molecule has 184 valence electrons. The number of nitrogens with zero attached hydrogens (tertiary/aromatic N) is 4. The van der Waals surface area contributed by atoms with Crippen molar-refractivity contribution in [3.05, 3.63) is 90.5 Å². The van der Waals surface area contributed by atoms with Crippen molar-refractivity contribution in [2.75, 3.05) is 26.0 Å². The van der Waals surface area contributed by atoms with Gasteiger partial charge in [-0.25, -0.2) is 9.97 Å². The average molecular weight is 484 g/mol. The molecule has 2 N–H and O–H groups in total. The van der Waals surface area contributed by atoms with Crippen LogP contribution in [0.5, 0.6) is 5.75 Å². The van der Waals surface area contributed by atoms with Crippen molar-refractivity contribution >= 4 is 17.2 Å². The summed E-state index contributed by atoms with van der Waals surface area (Å²) in [5.74, 6) is 1.90. The highest BCUT2D eigenvalue weighted by molar-refractivity contribution is 5.89. The van der Waals surface area contributed by atoms with E-state index < -0.39 is 0 Å². The Bertz CT molecular complexity index is 1370. The van der Waals surface area contributed by atoms with Crippen LogP contribution < -0.4 is 10.5 Å². The molecule has 0 aliphatic carbocycles. The van der Waals surface area contributed by atoms with Crippen LogP contribution in [0.4, 0.5) is 5.82 Å². The zero-order valence-electron chi connectivity index (χ0n) is 20.2. The van der Waals surface area contributed by atoms with Crippen LogP contribution in [0.15, 0.2) is 79.1 Å². The number of amides is 1. The first-order valence-electron chi connectivity index (χ1n) is 12.0. The summed E-state index contributed by atoms with van der Waals surface area (Å²) >= 11 is 0. The van der Waals surface area contributed by atoms with Crippen LogP contribution in [-0.4, -0.2) is 45.4 Å². The molecule has 1 aliphatic heterocycles. The number of hydrogen-bond donors (Lipinski definition) is 1. The fourth-order valence-corrected chi connectivity index (χ4v) is 4.61. The van der Waals surface area contributed by atoms with Gasteiger partial charge in [-0.05, 0) is 42.7 Å². The number of nitrogen functional groups attached to an aromatic ring is 1. The minimum atomic E-state index is -0.152. The Kier molecular flexibility index (Phi) is 6.95. The average Bonchev–Trinajstić information content (AvgIpc) is 3.54. The predicted octanol–water partition coefficient (Wildman–Crippen LogP) is 4.42. The van der Waals surface area contributed by atoms with Gasteiger partial charge in [-0.15, -0.1) is 0 Å². The lowest BCUT2D eigenvalue weighted by molar-refractivity contribution is -0.127. The number of ether oxygens (including phenoxy) is 2. The first-order chi connectivity index (χ1) is 17.7. The van der Waals surface area contributed by atoms with Gasteiger partial charge in [0.15, 0.2) is 0 Å². The highest BCUT2D eigenvalue weighted by Gasteiger charge is 2.33. The van der Waals surface area contributed by atoms with E-state index in [0.717, 1.165) is 46.8 Å². The molecule has 5 rings (SSSR count). The van der Waals surface area contributed by atoms with Gasteiger partial charge in [0.25, 0.3) is 0 Å². The number of methoxy groups -OCH3 is 1. The molecule has 1 fully saturated rings. The van der Waals surface area contributed by atoms with Crippen LogP contribution in [0.3, 0.4) is 0 Å². The number of likely N-dealkylation sites (tertiary alicyclic amines) is 1. The van der Waals surface area contributed by atoms with Gasteiger partial charge in [0.1, 0.15) is 35.2 Å². The van der Waals surface area contributed by atoms with Crippen LogP contribution in [0.2, 0.25) is 0 Å². The lowest BCUT2D eigenvalue weighted by Crippen LogP contribution is -2.30. The number of carbonyl (C=O) groups is 1. The van der Waals surface area contributed by atoms with Crippen molar-refractivity contribution in [3.8, 4) is 17.0 Å². The molecule has 0 unspecified atom stereocenters. The smallest absolute Gasteiger partial charge is 0.246 e. The van der Waals surface area contributed by atoms with Gasteiger partial charge in [-0.2, -0.15) is 0 Å².